The van der Waals surface area contributed by atoms with Gasteiger partial charge >= 0.3 is 11.9 Å². The maximum absolute atomic E-state index is 11.4. The van der Waals surface area contributed by atoms with Crippen molar-refractivity contribution in [3.05, 3.63) is 35.4 Å². The Bertz CT molecular complexity index is 458. The van der Waals surface area contributed by atoms with Gasteiger partial charge in [0.25, 0.3) is 0 Å². The topological polar surface area (TPSA) is 77.8 Å². The van der Waals surface area contributed by atoms with Gasteiger partial charge in [0.15, 0.2) is 0 Å². The molecule has 1 heterocycles. The van der Waals surface area contributed by atoms with Crippen molar-refractivity contribution < 1.29 is 19.8 Å². The van der Waals surface area contributed by atoms with Crippen LogP contribution in [0.1, 0.15) is 23.7 Å². The number of fused-ring (bicyclic) bond motifs is 1. The molecular weight excluding hydrogens is 222 g/mol. The molecule has 1 aromatic rings. The quantitative estimate of drug-likeness (QED) is 0.643. The first-order valence-corrected chi connectivity index (χ1v) is 5.37. The van der Waals surface area contributed by atoms with E-state index >= 15 is 0 Å². The Morgan fingerprint density at radius 3 is 2.71 bits per heavy atom. The fourth-order valence-corrected chi connectivity index (χ4v) is 2.03. The standard InChI is InChI=1S/C12H13NO4/c14-10-5-6-13(11(15)12(16)17)7-8-3-1-2-4-9(8)10/h1-4,10,14H,5-7H2,(H,16,17). The van der Waals surface area contributed by atoms with Gasteiger partial charge in [0.2, 0.25) is 0 Å². The fourth-order valence-electron chi connectivity index (χ4n) is 2.03. The third-order valence-corrected chi connectivity index (χ3v) is 2.92. The van der Waals surface area contributed by atoms with Crippen molar-refractivity contribution in [3.63, 3.8) is 0 Å². The number of carboxylic acid groups (broad SMARTS) is 1. The maximum Gasteiger partial charge on any atom is 0.394 e. The Morgan fingerprint density at radius 1 is 1.29 bits per heavy atom. The monoisotopic (exact) mass is 235 g/mol. The molecule has 1 atom stereocenters. The minimum atomic E-state index is -1.46. The lowest BCUT2D eigenvalue weighted by Crippen LogP contribution is -2.36. The molecule has 0 saturated carbocycles. The van der Waals surface area contributed by atoms with Crippen LogP contribution >= 0.6 is 0 Å². The van der Waals surface area contributed by atoms with Crippen LogP contribution in [-0.2, 0) is 16.1 Å². The second kappa shape index (κ2) is 4.55. The van der Waals surface area contributed by atoms with Gasteiger partial charge in [-0.1, -0.05) is 24.3 Å². The first-order valence-electron chi connectivity index (χ1n) is 5.37. The molecule has 1 aromatic carbocycles. The average molecular weight is 235 g/mol. The van der Waals surface area contributed by atoms with Gasteiger partial charge in [-0.25, -0.2) is 4.79 Å². The fraction of sp³-hybridized carbons (Fsp3) is 0.333. The summed E-state index contributed by atoms with van der Waals surface area (Å²) in [5, 5.41) is 18.6. The summed E-state index contributed by atoms with van der Waals surface area (Å²) in [6.45, 7) is 0.485. The van der Waals surface area contributed by atoms with E-state index in [1.807, 2.05) is 6.07 Å². The molecule has 1 aliphatic rings. The van der Waals surface area contributed by atoms with Crippen molar-refractivity contribution in [2.45, 2.75) is 19.1 Å². The zero-order valence-corrected chi connectivity index (χ0v) is 9.17. The predicted molar refractivity (Wildman–Crippen MR) is 59.1 cm³/mol. The van der Waals surface area contributed by atoms with E-state index in [1.165, 1.54) is 4.90 Å². The van der Waals surface area contributed by atoms with Crippen LogP contribution in [0.4, 0.5) is 0 Å². The Labute approximate surface area is 98.3 Å². The Morgan fingerprint density at radius 2 is 2.00 bits per heavy atom. The number of nitrogens with zero attached hydrogens (tertiary/aromatic N) is 1. The molecule has 1 amide bonds. The van der Waals surface area contributed by atoms with Gasteiger partial charge in [-0.2, -0.15) is 0 Å². The van der Waals surface area contributed by atoms with Crippen LogP contribution in [0.25, 0.3) is 0 Å². The number of aliphatic carboxylic acids is 1. The summed E-state index contributed by atoms with van der Waals surface area (Å²) in [5.41, 5.74) is 1.57. The lowest BCUT2D eigenvalue weighted by Gasteiger charge is -2.18. The van der Waals surface area contributed by atoms with Gasteiger partial charge in [-0.15, -0.1) is 0 Å². The number of benzene rings is 1. The van der Waals surface area contributed by atoms with Gasteiger partial charge < -0.3 is 15.1 Å². The highest BCUT2D eigenvalue weighted by atomic mass is 16.4. The Kier molecular flexibility index (Phi) is 3.10. The van der Waals surface area contributed by atoms with Crippen molar-refractivity contribution in [1.29, 1.82) is 0 Å². The van der Waals surface area contributed by atoms with E-state index in [9.17, 15) is 14.7 Å². The van der Waals surface area contributed by atoms with E-state index in [4.69, 9.17) is 5.11 Å². The average Bonchev–Trinajstić information content (AvgIpc) is 2.48. The summed E-state index contributed by atoms with van der Waals surface area (Å²) in [7, 11) is 0. The Hall–Kier alpha value is -1.88. The number of carbonyl (C=O) groups is 2. The van der Waals surface area contributed by atoms with Gasteiger partial charge in [-0.3, -0.25) is 4.79 Å². The van der Waals surface area contributed by atoms with Crippen LogP contribution in [-0.4, -0.2) is 33.5 Å². The second-order valence-corrected chi connectivity index (χ2v) is 4.04. The van der Waals surface area contributed by atoms with E-state index in [2.05, 4.69) is 0 Å². The molecule has 0 saturated heterocycles. The minimum Gasteiger partial charge on any atom is -0.474 e. The number of aliphatic hydroxyl groups is 1. The third kappa shape index (κ3) is 2.29. The number of hydrogen-bond donors (Lipinski definition) is 2. The number of carbonyl (C=O) groups excluding carboxylic acids is 1. The largest absolute Gasteiger partial charge is 0.474 e. The highest BCUT2D eigenvalue weighted by molar-refractivity contribution is 6.31. The molecule has 0 bridgehead atoms. The lowest BCUT2D eigenvalue weighted by atomic mass is 10.0. The first kappa shape index (κ1) is 11.6. The van der Waals surface area contributed by atoms with Crippen LogP contribution in [0, 0.1) is 0 Å². The predicted octanol–water partition coefficient (Wildman–Crippen LogP) is 0.537. The van der Waals surface area contributed by atoms with E-state index in [0.717, 1.165) is 11.1 Å². The van der Waals surface area contributed by atoms with E-state index in [0.29, 0.717) is 6.42 Å². The maximum atomic E-state index is 11.4. The zero-order chi connectivity index (χ0) is 12.4. The van der Waals surface area contributed by atoms with Gasteiger partial charge in [-0.05, 0) is 17.5 Å². The second-order valence-electron chi connectivity index (χ2n) is 4.04. The van der Waals surface area contributed by atoms with Crippen LogP contribution in [0.2, 0.25) is 0 Å². The normalized spacial score (nSPS) is 19.4. The zero-order valence-electron chi connectivity index (χ0n) is 9.17. The van der Waals surface area contributed by atoms with Crippen molar-refractivity contribution in [1.82, 2.24) is 4.90 Å². The highest BCUT2D eigenvalue weighted by Crippen LogP contribution is 2.26. The summed E-state index contributed by atoms with van der Waals surface area (Å²) < 4.78 is 0. The van der Waals surface area contributed by atoms with Crippen molar-refractivity contribution in [3.8, 4) is 0 Å². The summed E-state index contributed by atoms with van der Waals surface area (Å²) >= 11 is 0. The smallest absolute Gasteiger partial charge is 0.394 e. The number of carboxylic acids is 1. The third-order valence-electron chi connectivity index (χ3n) is 2.92. The molecule has 5 nitrogen and oxygen atoms in total. The summed E-state index contributed by atoms with van der Waals surface area (Å²) in [4.78, 5) is 23.3. The molecule has 2 rings (SSSR count). The highest BCUT2D eigenvalue weighted by Gasteiger charge is 2.26. The molecule has 0 fully saturated rings. The Balaban J connectivity index is 2.29. The number of rotatable bonds is 0. The van der Waals surface area contributed by atoms with Crippen LogP contribution < -0.4 is 0 Å². The van der Waals surface area contributed by atoms with Gasteiger partial charge in [0.05, 0.1) is 6.10 Å². The molecule has 0 spiro atoms. The molecule has 0 aromatic heterocycles. The number of amides is 1. The minimum absolute atomic E-state index is 0.234. The number of aliphatic hydroxyl groups excluding tert-OH is 1. The molecule has 90 valence electrons. The summed E-state index contributed by atoms with van der Waals surface area (Å²) in [6, 6.07) is 7.22. The van der Waals surface area contributed by atoms with Crippen LogP contribution in [0.3, 0.4) is 0 Å². The van der Waals surface area contributed by atoms with Crippen LogP contribution in [0.5, 0.6) is 0 Å². The number of hydrogen-bond acceptors (Lipinski definition) is 3. The van der Waals surface area contributed by atoms with E-state index in [-0.39, 0.29) is 13.1 Å². The molecule has 5 heteroatoms. The molecular formula is C12H13NO4. The van der Waals surface area contributed by atoms with Crippen molar-refractivity contribution >= 4 is 11.9 Å². The summed E-state index contributed by atoms with van der Waals surface area (Å²) in [5.74, 6) is -2.38. The van der Waals surface area contributed by atoms with Crippen LogP contribution in [0.15, 0.2) is 24.3 Å². The summed E-state index contributed by atoms with van der Waals surface area (Å²) in [6.07, 6.45) is -0.284. The molecule has 1 unspecified atom stereocenters. The van der Waals surface area contributed by atoms with Crippen molar-refractivity contribution in [2.24, 2.45) is 0 Å². The molecule has 0 radical (unpaired) electrons. The SMILES string of the molecule is O=C(O)C(=O)N1CCC(O)c2ccccc2C1. The molecule has 17 heavy (non-hydrogen) atoms. The van der Waals surface area contributed by atoms with Gasteiger partial charge in [0.1, 0.15) is 0 Å². The van der Waals surface area contributed by atoms with Gasteiger partial charge in [0, 0.05) is 13.1 Å². The lowest BCUT2D eigenvalue weighted by molar-refractivity contribution is -0.156. The molecule has 0 aliphatic carbocycles. The molecule has 2 N–H and O–H groups in total. The van der Waals surface area contributed by atoms with E-state index in [1.54, 1.807) is 18.2 Å². The van der Waals surface area contributed by atoms with E-state index < -0.39 is 18.0 Å². The molecule has 1 aliphatic heterocycles. The van der Waals surface area contributed by atoms with Crippen molar-refractivity contribution in [2.75, 3.05) is 6.54 Å². The first-order chi connectivity index (χ1) is 8.09.